The van der Waals surface area contributed by atoms with E-state index in [1.165, 1.54) is 4.40 Å². The van der Waals surface area contributed by atoms with Gasteiger partial charge in [0.05, 0.1) is 13.2 Å². The zero-order valence-electron chi connectivity index (χ0n) is 14.2. The third-order valence-corrected chi connectivity index (χ3v) is 4.31. The lowest BCUT2D eigenvalue weighted by molar-refractivity contribution is -0.117. The first-order valence-electron chi connectivity index (χ1n) is 8.47. The molecule has 0 radical (unpaired) electrons. The van der Waals surface area contributed by atoms with Crippen molar-refractivity contribution in [2.45, 2.75) is 6.54 Å². The minimum atomic E-state index is -0.335. The molecule has 4 rings (SSSR count). The lowest BCUT2D eigenvalue weighted by Gasteiger charge is -2.28. The van der Waals surface area contributed by atoms with E-state index in [-0.39, 0.29) is 18.1 Å². The second kappa shape index (κ2) is 7.01. The van der Waals surface area contributed by atoms with Crippen LogP contribution in [0.25, 0.3) is 5.65 Å². The summed E-state index contributed by atoms with van der Waals surface area (Å²) in [5, 5.41) is 6.96. The van der Waals surface area contributed by atoms with Gasteiger partial charge in [0.25, 0.3) is 0 Å². The maximum Gasteiger partial charge on any atom is 0.350 e. The van der Waals surface area contributed by atoms with Crippen molar-refractivity contribution in [1.29, 1.82) is 0 Å². The molecule has 134 valence electrons. The van der Waals surface area contributed by atoms with Gasteiger partial charge < -0.3 is 15.0 Å². The molecule has 0 unspecified atom stereocenters. The summed E-state index contributed by atoms with van der Waals surface area (Å²) in [6.45, 7) is 3.05. The summed E-state index contributed by atoms with van der Waals surface area (Å²) < 4.78 is 7.92. The Hall–Kier alpha value is -3.13. The number of carbonyl (C=O) groups is 1. The van der Waals surface area contributed by atoms with Crippen LogP contribution in [0.5, 0.6) is 0 Å². The average molecular weight is 353 g/mol. The molecule has 1 aromatic carbocycles. The van der Waals surface area contributed by atoms with Gasteiger partial charge in [-0.15, -0.1) is 5.10 Å². The van der Waals surface area contributed by atoms with Crippen molar-refractivity contribution in [3.63, 3.8) is 0 Å². The van der Waals surface area contributed by atoms with Gasteiger partial charge in [-0.2, -0.15) is 0 Å². The SMILES string of the molecule is O=C(Cn1nc2ccccn2c1=O)Nc1ccc(N2CCOCC2)cc1. The molecule has 8 heteroatoms. The van der Waals surface area contributed by atoms with Gasteiger partial charge >= 0.3 is 5.69 Å². The third kappa shape index (κ3) is 3.31. The molecule has 0 saturated carbocycles. The molecule has 3 heterocycles. The number of hydrogen-bond donors (Lipinski definition) is 1. The molecule has 0 aliphatic carbocycles. The van der Waals surface area contributed by atoms with E-state index < -0.39 is 0 Å². The van der Waals surface area contributed by atoms with Crippen molar-refractivity contribution >= 4 is 22.9 Å². The molecule has 8 nitrogen and oxygen atoms in total. The van der Waals surface area contributed by atoms with Crippen molar-refractivity contribution < 1.29 is 9.53 Å². The van der Waals surface area contributed by atoms with Crippen LogP contribution in [0.1, 0.15) is 0 Å². The van der Waals surface area contributed by atoms with Crippen LogP contribution in [-0.4, -0.2) is 46.4 Å². The number of nitrogens with one attached hydrogen (secondary N) is 1. The Balaban J connectivity index is 1.42. The van der Waals surface area contributed by atoms with Crippen molar-refractivity contribution in [2.75, 3.05) is 36.5 Å². The number of benzene rings is 1. The monoisotopic (exact) mass is 353 g/mol. The molecule has 1 aliphatic heterocycles. The van der Waals surface area contributed by atoms with Gasteiger partial charge in [0.1, 0.15) is 6.54 Å². The molecule has 3 aromatic rings. The van der Waals surface area contributed by atoms with Crippen LogP contribution in [0.3, 0.4) is 0 Å². The van der Waals surface area contributed by atoms with E-state index in [0.29, 0.717) is 11.3 Å². The fraction of sp³-hybridized carbons (Fsp3) is 0.278. The normalized spacial score (nSPS) is 14.5. The molecule has 0 atom stereocenters. The Morgan fingerprint density at radius 1 is 1.12 bits per heavy atom. The van der Waals surface area contributed by atoms with Crippen LogP contribution in [0.15, 0.2) is 53.5 Å². The molecular weight excluding hydrogens is 334 g/mol. The number of aromatic nitrogens is 3. The molecule has 1 saturated heterocycles. The largest absolute Gasteiger partial charge is 0.378 e. The van der Waals surface area contributed by atoms with Gasteiger partial charge in [-0.1, -0.05) is 6.07 Å². The number of nitrogens with zero attached hydrogens (tertiary/aromatic N) is 4. The number of ether oxygens (including phenoxy) is 1. The van der Waals surface area contributed by atoms with Crippen molar-refractivity contribution in [3.05, 3.63) is 59.1 Å². The Bertz CT molecular complexity index is 970. The summed E-state index contributed by atoms with van der Waals surface area (Å²) in [6.07, 6.45) is 1.63. The van der Waals surface area contributed by atoms with E-state index in [1.54, 1.807) is 24.4 Å². The predicted octanol–water partition coefficient (Wildman–Crippen LogP) is 0.971. The lowest BCUT2D eigenvalue weighted by Crippen LogP contribution is -2.36. The summed E-state index contributed by atoms with van der Waals surface area (Å²) in [5.41, 5.74) is 1.96. The predicted molar refractivity (Wildman–Crippen MR) is 97.6 cm³/mol. The van der Waals surface area contributed by atoms with E-state index >= 15 is 0 Å². The third-order valence-electron chi connectivity index (χ3n) is 4.31. The zero-order chi connectivity index (χ0) is 17.9. The van der Waals surface area contributed by atoms with E-state index in [9.17, 15) is 9.59 Å². The average Bonchev–Trinajstić information content (AvgIpc) is 2.99. The second-order valence-electron chi connectivity index (χ2n) is 6.06. The Kier molecular flexibility index (Phi) is 4.40. The first kappa shape index (κ1) is 16.3. The number of amides is 1. The maximum atomic E-state index is 12.3. The number of pyridine rings is 1. The number of carbonyl (C=O) groups excluding carboxylic acids is 1. The minimum absolute atomic E-state index is 0.133. The van der Waals surface area contributed by atoms with Gasteiger partial charge in [0.15, 0.2) is 5.65 Å². The molecule has 2 aromatic heterocycles. The van der Waals surface area contributed by atoms with Crippen LogP contribution >= 0.6 is 0 Å². The van der Waals surface area contributed by atoms with Crippen LogP contribution in [0, 0.1) is 0 Å². The number of morpholine rings is 1. The molecule has 1 fully saturated rings. The summed E-state index contributed by atoms with van der Waals surface area (Å²) in [7, 11) is 0. The molecule has 0 spiro atoms. The Morgan fingerprint density at radius 2 is 1.88 bits per heavy atom. The second-order valence-corrected chi connectivity index (χ2v) is 6.06. The fourth-order valence-electron chi connectivity index (χ4n) is 2.98. The summed E-state index contributed by atoms with van der Waals surface area (Å²) in [4.78, 5) is 26.7. The number of anilines is 2. The summed E-state index contributed by atoms with van der Waals surface area (Å²) in [5.74, 6) is -0.297. The highest BCUT2D eigenvalue weighted by Gasteiger charge is 2.12. The molecular formula is C18H19N5O3. The maximum absolute atomic E-state index is 12.3. The van der Waals surface area contributed by atoms with E-state index in [1.807, 2.05) is 24.3 Å². The van der Waals surface area contributed by atoms with Gasteiger partial charge in [-0.3, -0.25) is 9.20 Å². The molecule has 0 bridgehead atoms. The van der Waals surface area contributed by atoms with Gasteiger partial charge in [0, 0.05) is 30.7 Å². The lowest BCUT2D eigenvalue weighted by atomic mass is 10.2. The smallest absolute Gasteiger partial charge is 0.350 e. The molecule has 1 aliphatic rings. The zero-order valence-corrected chi connectivity index (χ0v) is 14.2. The van der Waals surface area contributed by atoms with Crippen molar-refractivity contribution in [1.82, 2.24) is 14.2 Å². The number of rotatable bonds is 4. The van der Waals surface area contributed by atoms with Gasteiger partial charge in [-0.25, -0.2) is 9.48 Å². The quantitative estimate of drug-likeness (QED) is 0.756. The highest BCUT2D eigenvalue weighted by Crippen LogP contribution is 2.19. The Morgan fingerprint density at radius 3 is 2.62 bits per heavy atom. The highest BCUT2D eigenvalue weighted by atomic mass is 16.5. The molecule has 1 amide bonds. The molecule has 26 heavy (non-hydrogen) atoms. The first-order valence-corrected chi connectivity index (χ1v) is 8.47. The van der Waals surface area contributed by atoms with E-state index in [4.69, 9.17) is 4.74 Å². The van der Waals surface area contributed by atoms with Crippen LogP contribution in [0.2, 0.25) is 0 Å². The van der Waals surface area contributed by atoms with Crippen molar-refractivity contribution in [3.8, 4) is 0 Å². The first-order chi connectivity index (χ1) is 12.7. The van der Waals surface area contributed by atoms with Gasteiger partial charge in [-0.05, 0) is 36.4 Å². The van der Waals surface area contributed by atoms with Crippen LogP contribution < -0.4 is 15.9 Å². The van der Waals surface area contributed by atoms with Crippen LogP contribution in [-0.2, 0) is 16.1 Å². The van der Waals surface area contributed by atoms with E-state index in [2.05, 4.69) is 15.3 Å². The number of fused-ring (bicyclic) bond motifs is 1. The Labute approximate surface area is 149 Å². The highest BCUT2D eigenvalue weighted by molar-refractivity contribution is 5.90. The topological polar surface area (TPSA) is 80.9 Å². The standard InChI is InChI=1S/C18H19N5O3/c24-17(13-23-18(25)22-8-2-1-3-16(22)20-23)19-14-4-6-15(7-5-14)21-9-11-26-12-10-21/h1-8H,9-13H2,(H,19,24). The van der Waals surface area contributed by atoms with Crippen LogP contribution in [0.4, 0.5) is 11.4 Å². The molecule has 1 N–H and O–H groups in total. The fourth-order valence-corrected chi connectivity index (χ4v) is 2.98. The number of hydrogen-bond acceptors (Lipinski definition) is 5. The van der Waals surface area contributed by atoms with Gasteiger partial charge in [0.2, 0.25) is 5.91 Å². The minimum Gasteiger partial charge on any atom is -0.378 e. The van der Waals surface area contributed by atoms with Crippen molar-refractivity contribution in [2.24, 2.45) is 0 Å². The summed E-state index contributed by atoms with van der Waals surface area (Å²) in [6, 6.07) is 12.9. The summed E-state index contributed by atoms with van der Waals surface area (Å²) >= 11 is 0. The van der Waals surface area contributed by atoms with E-state index in [0.717, 1.165) is 36.7 Å².